The zero-order chi connectivity index (χ0) is 16.2. The van der Waals surface area contributed by atoms with Crippen molar-refractivity contribution in [3.63, 3.8) is 0 Å². The van der Waals surface area contributed by atoms with Gasteiger partial charge >= 0.3 is 0 Å². The summed E-state index contributed by atoms with van der Waals surface area (Å²) in [5.74, 6) is 2.73. The van der Waals surface area contributed by atoms with Gasteiger partial charge in [0.25, 0.3) is 0 Å². The van der Waals surface area contributed by atoms with Crippen LogP contribution in [0.1, 0.15) is 39.0 Å². The summed E-state index contributed by atoms with van der Waals surface area (Å²) < 4.78 is 5.08. The predicted molar refractivity (Wildman–Crippen MR) is 94.5 cm³/mol. The fourth-order valence-corrected chi connectivity index (χ4v) is 3.16. The molecule has 0 saturated heterocycles. The van der Waals surface area contributed by atoms with E-state index in [9.17, 15) is 0 Å². The summed E-state index contributed by atoms with van der Waals surface area (Å²) in [5, 5.41) is 6.82. The Kier molecular flexibility index (Phi) is 10.2. The van der Waals surface area contributed by atoms with Crippen molar-refractivity contribution in [2.45, 2.75) is 39.0 Å². The van der Waals surface area contributed by atoms with Crippen LogP contribution in [0, 0.1) is 11.8 Å². The van der Waals surface area contributed by atoms with Gasteiger partial charge in [-0.25, -0.2) is 0 Å². The Bertz CT molecular complexity index is 309. The van der Waals surface area contributed by atoms with Gasteiger partial charge in [0, 0.05) is 40.3 Å². The van der Waals surface area contributed by atoms with Crippen molar-refractivity contribution in [2.24, 2.45) is 16.8 Å². The maximum atomic E-state index is 5.08. The average molecular weight is 313 g/mol. The lowest BCUT2D eigenvalue weighted by atomic mass is 9.81. The van der Waals surface area contributed by atoms with Gasteiger partial charge in [0.2, 0.25) is 0 Å². The van der Waals surface area contributed by atoms with Crippen LogP contribution >= 0.6 is 0 Å². The fraction of sp³-hybridized carbons (Fsp3) is 0.941. The summed E-state index contributed by atoms with van der Waals surface area (Å²) in [5.41, 5.74) is 0. The van der Waals surface area contributed by atoms with Gasteiger partial charge in [-0.1, -0.05) is 26.2 Å². The van der Waals surface area contributed by atoms with Crippen LogP contribution < -0.4 is 10.6 Å². The second-order valence-electron chi connectivity index (χ2n) is 6.65. The van der Waals surface area contributed by atoms with Crippen LogP contribution in [0.3, 0.4) is 0 Å². The van der Waals surface area contributed by atoms with E-state index in [0.29, 0.717) is 0 Å². The summed E-state index contributed by atoms with van der Waals surface area (Å²) in [6, 6.07) is 0. The Hall–Kier alpha value is -0.810. The molecule has 0 heterocycles. The molecule has 5 nitrogen and oxygen atoms in total. The van der Waals surface area contributed by atoms with Crippen LogP contribution in [0.15, 0.2) is 4.99 Å². The van der Waals surface area contributed by atoms with Gasteiger partial charge in [-0.15, -0.1) is 0 Å². The number of ether oxygens (including phenoxy) is 1. The first-order valence-electron chi connectivity index (χ1n) is 8.77. The van der Waals surface area contributed by atoms with Crippen LogP contribution in [-0.2, 0) is 4.74 Å². The minimum atomic E-state index is 0.781. The molecular weight excluding hydrogens is 276 g/mol. The van der Waals surface area contributed by atoms with Gasteiger partial charge in [-0.05, 0) is 31.7 Å². The van der Waals surface area contributed by atoms with E-state index < -0.39 is 0 Å². The molecule has 1 rings (SSSR count). The molecule has 0 amide bonds. The number of likely N-dealkylation sites (N-methyl/N-ethyl adjacent to an activating group) is 1. The molecule has 0 aromatic heterocycles. The normalized spacial score (nSPS) is 22.9. The van der Waals surface area contributed by atoms with Crippen LogP contribution in [0.5, 0.6) is 0 Å². The molecule has 0 aliphatic heterocycles. The smallest absolute Gasteiger partial charge is 0.191 e. The first-order chi connectivity index (χ1) is 10.7. The number of methoxy groups -OCH3 is 1. The van der Waals surface area contributed by atoms with Crippen LogP contribution in [0.2, 0.25) is 0 Å². The molecule has 2 N–H and O–H groups in total. The molecular formula is C17H36N4O. The van der Waals surface area contributed by atoms with Crippen LogP contribution in [0.25, 0.3) is 0 Å². The molecule has 1 saturated carbocycles. The lowest BCUT2D eigenvalue weighted by Gasteiger charge is -2.27. The zero-order valence-electron chi connectivity index (χ0n) is 15.0. The lowest BCUT2D eigenvalue weighted by molar-refractivity contribution is 0.162. The van der Waals surface area contributed by atoms with Crippen molar-refractivity contribution < 1.29 is 4.74 Å². The Labute approximate surface area is 136 Å². The molecule has 2 atom stereocenters. The van der Waals surface area contributed by atoms with Crippen LogP contribution in [0.4, 0.5) is 0 Å². The lowest BCUT2D eigenvalue weighted by Crippen LogP contribution is -2.42. The Morgan fingerprint density at radius 2 is 2.00 bits per heavy atom. The van der Waals surface area contributed by atoms with E-state index in [4.69, 9.17) is 4.74 Å². The zero-order valence-corrected chi connectivity index (χ0v) is 15.0. The van der Waals surface area contributed by atoms with E-state index in [0.717, 1.165) is 50.6 Å². The quantitative estimate of drug-likeness (QED) is 0.505. The Morgan fingerprint density at radius 3 is 2.68 bits per heavy atom. The monoisotopic (exact) mass is 312 g/mol. The summed E-state index contributed by atoms with van der Waals surface area (Å²) in [4.78, 5) is 6.55. The highest BCUT2D eigenvalue weighted by atomic mass is 16.5. The van der Waals surface area contributed by atoms with Crippen molar-refractivity contribution in [1.82, 2.24) is 15.5 Å². The summed E-state index contributed by atoms with van der Waals surface area (Å²) in [6.07, 6.45) is 6.90. The molecule has 0 aromatic carbocycles. The molecule has 22 heavy (non-hydrogen) atoms. The van der Waals surface area contributed by atoms with Crippen molar-refractivity contribution in [3.05, 3.63) is 0 Å². The van der Waals surface area contributed by atoms with Crippen molar-refractivity contribution in [2.75, 3.05) is 54.0 Å². The van der Waals surface area contributed by atoms with E-state index >= 15 is 0 Å². The van der Waals surface area contributed by atoms with E-state index in [1.54, 1.807) is 7.11 Å². The molecule has 130 valence electrons. The molecule has 5 heteroatoms. The van der Waals surface area contributed by atoms with Crippen molar-refractivity contribution in [1.29, 1.82) is 0 Å². The molecule has 1 aliphatic rings. The second kappa shape index (κ2) is 11.7. The molecule has 1 aliphatic carbocycles. The minimum absolute atomic E-state index is 0.781. The summed E-state index contributed by atoms with van der Waals surface area (Å²) >= 11 is 0. The largest absolute Gasteiger partial charge is 0.383 e. The van der Waals surface area contributed by atoms with Gasteiger partial charge in [0.1, 0.15) is 0 Å². The highest BCUT2D eigenvalue weighted by Crippen LogP contribution is 2.30. The second-order valence-corrected chi connectivity index (χ2v) is 6.65. The average Bonchev–Trinajstić information content (AvgIpc) is 2.51. The molecule has 1 fully saturated rings. The number of hydrogen-bond donors (Lipinski definition) is 2. The van der Waals surface area contributed by atoms with Crippen molar-refractivity contribution in [3.8, 4) is 0 Å². The third kappa shape index (κ3) is 8.59. The molecule has 0 bridgehead atoms. The highest BCUT2D eigenvalue weighted by molar-refractivity contribution is 5.79. The number of guanidine groups is 1. The minimum Gasteiger partial charge on any atom is -0.383 e. The van der Waals surface area contributed by atoms with E-state index in [1.807, 2.05) is 7.05 Å². The standard InChI is InChI=1S/C17H36N4O/c1-15-6-5-7-16(14-15)8-9-19-17(18-2)20-10-11-21(3)12-13-22-4/h15-16H,5-14H2,1-4H3,(H2,18,19,20). The predicted octanol–water partition coefficient (Wildman–Crippen LogP) is 1.95. The number of nitrogens with one attached hydrogen (secondary N) is 2. The third-order valence-electron chi connectivity index (χ3n) is 4.58. The Balaban J connectivity index is 2.09. The van der Waals surface area contributed by atoms with E-state index in [-0.39, 0.29) is 0 Å². The number of aliphatic imine (C=N–C) groups is 1. The topological polar surface area (TPSA) is 48.9 Å². The van der Waals surface area contributed by atoms with Crippen molar-refractivity contribution >= 4 is 5.96 Å². The van der Waals surface area contributed by atoms with Gasteiger partial charge in [0.15, 0.2) is 5.96 Å². The fourth-order valence-electron chi connectivity index (χ4n) is 3.16. The third-order valence-corrected chi connectivity index (χ3v) is 4.58. The molecule has 2 unspecified atom stereocenters. The van der Waals surface area contributed by atoms with Gasteiger partial charge in [-0.3, -0.25) is 4.99 Å². The molecule has 0 aromatic rings. The van der Waals surface area contributed by atoms with Gasteiger partial charge in [0.05, 0.1) is 6.61 Å². The summed E-state index contributed by atoms with van der Waals surface area (Å²) in [7, 11) is 5.69. The van der Waals surface area contributed by atoms with Crippen LogP contribution in [-0.4, -0.2) is 64.9 Å². The van der Waals surface area contributed by atoms with Gasteiger partial charge in [-0.2, -0.15) is 0 Å². The molecule has 0 spiro atoms. The molecule has 0 radical (unpaired) electrons. The maximum absolute atomic E-state index is 5.08. The summed E-state index contributed by atoms with van der Waals surface area (Å²) in [6.45, 7) is 7.05. The first kappa shape index (κ1) is 19.2. The van der Waals surface area contributed by atoms with E-state index in [1.165, 1.54) is 32.1 Å². The number of hydrogen-bond acceptors (Lipinski definition) is 3. The first-order valence-corrected chi connectivity index (χ1v) is 8.77. The number of nitrogens with zero attached hydrogens (tertiary/aromatic N) is 2. The SMILES string of the molecule is CN=C(NCCC1CCCC(C)C1)NCCN(C)CCOC. The number of rotatable bonds is 9. The highest BCUT2D eigenvalue weighted by Gasteiger charge is 2.18. The maximum Gasteiger partial charge on any atom is 0.191 e. The Morgan fingerprint density at radius 1 is 1.23 bits per heavy atom. The van der Waals surface area contributed by atoms with Gasteiger partial charge < -0.3 is 20.3 Å². The van der Waals surface area contributed by atoms with E-state index in [2.05, 4.69) is 34.5 Å².